The van der Waals surface area contributed by atoms with Crippen molar-refractivity contribution in [2.75, 3.05) is 0 Å². The molecule has 0 aromatic carbocycles. The van der Waals surface area contributed by atoms with E-state index in [1.807, 2.05) is 0 Å². The molecule has 4 nitrogen and oxygen atoms in total. The summed E-state index contributed by atoms with van der Waals surface area (Å²) in [6.07, 6.45) is 2.10. The van der Waals surface area contributed by atoms with Crippen molar-refractivity contribution < 1.29 is 9.59 Å². The molecular formula is C10H16N2O2. The van der Waals surface area contributed by atoms with Gasteiger partial charge in [-0.05, 0) is 24.7 Å². The van der Waals surface area contributed by atoms with Crippen molar-refractivity contribution in [3.63, 3.8) is 0 Å². The fraction of sp³-hybridized carbons (Fsp3) is 0.800. The van der Waals surface area contributed by atoms with Crippen molar-refractivity contribution in [2.45, 2.75) is 38.8 Å². The first-order valence-corrected chi connectivity index (χ1v) is 5.21. The molecular weight excluding hydrogens is 180 g/mol. The predicted octanol–water partition coefficient (Wildman–Crippen LogP) is 0.0356. The third-order valence-corrected chi connectivity index (χ3v) is 3.65. The SMILES string of the molecule is CC1CCC2NC(=O)C(=O)NC2C1C. The van der Waals surface area contributed by atoms with E-state index in [2.05, 4.69) is 24.5 Å². The Morgan fingerprint density at radius 2 is 1.71 bits per heavy atom. The van der Waals surface area contributed by atoms with Gasteiger partial charge >= 0.3 is 11.8 Å². The predicted molar refractivity (Wildman–Crippen MR) is 51.4 cm³/mol. The van der Waals surface area contributed by atoms with Crippen LogP contribution >= 0.6 is 0 Å². The smallest absolute Gasteiger partial charge is 0.309 e. The molecule has 1 saturated carbocycles. The van der Waals surface area contributed by atoms with E-state index in [4.69, 9.17) is 0 Å². The highest BCUT2D eigenvalue weighted by Crippen LogP contribution is 2.30. The first-order chi connectivity index (χ1) is 6.59. The lowest BCUT2D eigenvalue weighted by molar-refractivity contribution is -0.143. The zero-order valence-corrected chi connectivity index (χ0v) is 8.54. The molecule has 4 heteroatoms. The van der Waals surface area contributed by atoms with Crippen LogP contribution in [0.4, 0.5) is 0 Å². The standard InChI is InChI=1S/C10H16N2O2/c1-5-3-4-7-8(6(5)2)12-10(14)9(13)11-7/h5-8H,3-4H2,1-2H3,(H,11,13)(H,12,14). The van der Waals surface area contributed by atoms with E-state index < -0.39 is 11.8 Å². The van der Waals surface area contributed by atoms with Crippen LogP contribution in [-0.4, -0.2) is 23.9 Å². The van der Waals surface area contributed by atoms with Crippen LogP contribution in [0.5, 0.6) is 0 Å². The van der Waals surface area contributed by atoms with Crippen molar-refractivity contribution in [3.8, 4) is 0 Å². The third-order valence-electron chi connectivity index (χ3n) is 3.65. The van der Waals surface area contributed by atoms with Gasteiger partial charge in [0.05, 0.1) is 6.04 Å². The molecule has 2 amide bonds. The molecule has 4 atom stereocenters. The minimum atomic E-state index is -0.479. The molecule has 0 aromatic rings. The van der Waals surface area contributed by atoms with Crippen LogP contribution < -0.4 is 10.6 Å². The monoisotopic (exact) mass is 196 g/mol. The Hall–Kier alpha value is -1.06. The highest BCUT2D eigenvalue weighted by Gasteiger charge is 2.41. The van der Waals surface area contributed by atoms with Gasteiger partial charge in [-0.25, -0.2) is 0 Å². The molecule has 14 heavy (non-hydrogen) atoms. The van der Waals surface area contributed by atoms with Gasteiger partial charge in [0, 0.05) is 6.04 Å². The van der Waals surface area contributed by atoms with E-state index in [-0.39, 0.29) is 12.1 Å². The van der Waals surface area contributed by atoms with Crippen LogP contribution in [0.25, 0.3) is 0 Å². The van der Waals surface area contributed by atoms with Crippen molar-refractivity contribution in [1.82, 2.24) is 10.6 Å². The molecule has 1 heterocycles. The van der Waals surface area contributed by atoms with Crippen LogP contribution in [0.15, 0.2) is 0 Å². The molecule has 0 bridgehead atoms. The molecule has 2 N–H and O–H groups in total. The van der Waals surface area contributed by atoms with Crippen molar-refractivity contribution in [2.24, 2.45) is 11.8 Å². The zero-order chi connectivity index (χ0) is 10.3. The Morgan fingerprint density at radius 1 is 1.07 bits per heavy atom. The topological polar surface area (TPSA) is 58.2 Å². The van der Waals surface area contributed by atoms with Gasteiger partial charge < -0.3 is 10.6 Å². The number of hydrogen-bond donors (Lipinski definition) is 2. The summed E-state index contributed by atoms with van der Waals surface area (Å²) in [4.78, 5) is 22.3. The van der Waals surface area contributed by atoms with Crippen molar-refractivity contribution in [1.29, 1.82) is 0 Å². The maximum absolute atomic E-state index is 11.2. The number of piperazine rings is 1. The summed E-state index contributed by atoms with van der Waals surface area (Å²) in [5.74, 6) is 0.102. The summed E-state index contributed by atoms with van der Waals surface area (Å²) in [5, 5.41) is 5.57. The average Bonchev–Trinajstić information content (AvgIpc) is 2.15. The largest absolute Gasteiger partial charge is 0.343 e. The zero-order valence-electron chi connectivity index (χ0n) is 8.54. The van der Waals surface area contributed by atoms with E-state index in [0.717, 1.165) is 12.8 Å². The minimum absolute atomic E-state index is 0.129. The maximum atomic E-state index is 11.2. The van der Waals surface area contributed by atoms with Gasteiger partial charge in [0.15, 0.2) is 0 Å². The Bertz CT molecular complexity index is 277. The lowest BCUT2D eigenvalue weighted by Crippen LogP contribution is -2.65. The average molecular weight is 196 g/mol. The van der Waals surface area contributed by atoms with Crippen LogP contribution in [0.2, 0.25) is 0 Å². The second-order valence-electron chi connectivity index (χ2n) is 4.49. The lowest BCUT2D eigenvalue weighted by atomic mass is 9.74. The van der Waals surface area contributed by atoms with Gasteiger partial charge in [0.2, 0.25) is 0 Å². The quantitative estimate of drug-likeness (QED) is 0.537. The summed E-state index contributed by atoms with van der Waals surface area (Å²) >= 11 is 0. The fourth-order valence-electron chi connectivity index (χ4n) is 2.45. The summed E-state index contributed by atoms with van der Waals surface area (Å²) in [5.41, 5.74) is 0. The summed E-state index contributed by atoms with van der Waals surface area (Å²) in [6, 6.07) is 0.273. The normalized spacial score (nSPS) is 42.4. The van der Waals surface area contributed by atoms with Crippen LogP contribution in [0, 0.1) is 11.8 Å². The Morgan fingerprint density at radius 3 is 2.43 bits per heavy atom. The molecule has 2 rings (SSSR count). The van der Waals surface area contributed by atoms with Gasteiger partial charge in [0.1, 0.15) is 0 Å². The number of fused-ring (bicyclic) bond motifs is 1. The van der Waals surface area contributed by atoms with Crippen LogP contribution in [0.3, 0.4) is 0 Å². The van der Waals surface area contributed by atoms with E-state index in [9.17, 15) is 9.59 Å². The molecule has 1 aliphatic heterocycles. The van der Waals surface area contributed by atoms with Gasteiger partial charge in [-0.2, -0.15) is 0 Å². The lowest BCUT2D eigenvalue weighted by Gasteiger charge is -2.43. The van der Waals surface area contributed by atoms with E-state index in [1.54, 1.807) is 0 Å². The number of carbonyl (C=O) groups is 2. The summed E-state index contributed by atoms with van der Waals surface area (Å²) < 4.78 is 0. The highest BCUT2D eigenvalue weighted by atomic mass is 16.2. The van der Waals surface area contributed by atoms with E-state index >= 15 is 0 Å². The second kappa shape index (κ2) is 3.26. The van der Waals surface area contributed by atoms with Crippen molar-refractivity contribution in [3.05, 3.63) is 0 Å². The number of hydrogen-bond acceptors (Lipinski definition) is 2. The first-order valence-electron chi connectivity index (χ1n) is 5.21. The third kappa shape index (κ3) is 1.38. The number of amides is 2. The van der Waals surface area contributed by atoms with Gasteiger partial charge in [-0.15, -0.1) is 0 Å². The molecule has 0 spiro atoms. The summed E-state index contributed by atoms with van der Waals surface area (Å²) in [7, 11) is 0. The van der Waals surface area contributed by atoms with Gasteiger partial charge in [0.25, 0.3) is 0 Å². The summed E-state index contributed by atoms with van der Waals surface area (Å²) in [6.45, 7) is 4.34. The number of nitrogens with one attached hydrogen (secondary N) is 2. The van der Waals surface area contributed by atoms with Crippen LogP contribution in [0.1, 0.15) is 26.7 Å². The molecule has 78 valence electrons. The molecule has 2 aliphatic rings. The fourth-order valence-corrected chi connectivity index (χ4v) is 2.45. The minimum Gasteiger partial charge on any atom is -0.343 e. The molecule has 1 saturated heterocycles. The van der Waals surface area contributed by atoms with E-state index in [0.29, 0.717) is 11.8 Å². The molecule has 0 aromatic heterocycles. The Labute approximate surface area is 83.4 Å². The second-order valence-corrected chi connectivity index (χ2v) is 4.49. The maximum Gasteiger partial charge on any atom is 0.309 e. The first kappa shape index (κ1) is 9.49. The highest BCUT2D eigenvalue weighted by molar-refractivity contribution is 6.35. The molecule has 4 unspecified atom stereocenters. The Balaban J connectivity index is 2.14. The van der Waals surface area contributed by atoms with E-state index in [1.165, 1.54) is 0 Å². The number of carbonyl (C=O) groups excluding carboxylic acids is 2. The van der Waals surface area contributed by atoms with Gasteiger partial charge in [-0.3, -0.25) is 9.59 Å². The molecule has 1 aliphatic carbocycles. The number of rotatable bonds is 0. The van der Waals surface area contributed by atoms with Gasteiger partial charge in [-0.1, -0.05) is 13.8 Å². The molecule has 0 radical (unpaired) electrons. The molecule has 2 fully saturated rings. The Kier molecular flexibility index (Phi) is 2.21. The van der Waals surface area contributed by atoms with Crippen molar-refractivity contribution >= 4 is 11.8 Å². The van der Waals surface area contributed by atoms with Crippen LogP contribution in [-0.2, 0) is 9.59 Å².